The summed E-state index contributed by atoms with van der Waals surface area (Å²) in [6, 6.07) is 9.19. The third kappa shape index (κ3) is 4.58. The zero-order valence-corrected chi connectivity index (χ0v) is 15.1. The van der Waals surface area contributed by atoms with Gasteiger partial charge in [-0.25, -0.2) is 0 Å². The van der Waals surface area contributed by atoms with Gasteiger partial charge in [0.05, 0.1) is 6.42 Å². The van der Waals surface area contributed by atoms with Crippen molar-refractivity contribution in [3.63, 3.8) is 0 Å². The molecule has 1 aromatic rings. The van der Waals surface area contributed by atoms with Gasteiger partial charge in [0.25, 0.3) is 0 Å². The molecule has 2 fully saturated rings. The maximum atomic E-state index is 12.4. The molecule has 0 saturated carbocycles. The van der Waals surface area contributed by atoms with Crippen LogP contribution in [-0.2, 0) is 11.2 Å². The van der Waals surface area contributed by atoms with Gasteiger partial charge in [-0.05, 0) is 70.4 Å². The quantitative estimate of drug-likeness (QED) is 0.920. The van der Waals surface area contributed by atoms with Gasteiger partial charge in [0.2, 0.25) is 5.91 Å². The van der Waals surface area contributed by atoms with Crippen LogP contribution in [-0.4, -0.2) is 61.0 Å². The Hall–Kier alpha value is -1.39. The number of amides is 1. The minimum atomic E-state index is 0.166. The molecule has 0 bridgehead atoms. The van der Waals surface area contributed by atoms with E-state index in [0.29, 0.717) is 18.5 Å². The Bertz CT molecular complexity index is 552. The molecule has 0 radical (unpaired) electrons. The second-order valence-corrected chi connectivity index (χ2v) is 7.54. The van der Waals surface area contributed by atoms with Crippen molar-refractivity contribution in [3.8, 4) is 0 Å². The van der Waals surface area contributed by atoms with Crippen molar-refractivity contribution >= 4 is 5.91 Å². The molecule has 0 aromatic heterocycles. The number of nitrogens with one attached hydrogen (secondary N) is 1. The van der Waals surface area contributed by atoms with Crippen LogP contribution in [0.2, 0.25) is 0 Å². The summed E-state index contributed by atoms with van der Waals surface area (Å²) in [7, 11) is 2.21. The molecule has 132 valence electrons. The van der Waals surface area contributed by atoms with Crippen LogP contribution in [0.25, 0.3) is 0 Å². The molecule has 1 amide bonds. The molecule has 0 aliphatic carbocycles. The van der Waals surface area contributed by atoms with E-state index < -0.39 is 0 Å². The molecule has 1 aromatic carbocycles. The number of hydrogen-bond donors (Lipinski definition) is 1. The molecule has 2 aliphatic heterocycles. The van der Waals surface area contributed by atoms with Crippen LogP contribution in [0.1, 0.15) is 36.8 Å². The number of carbonyl (C=O) groups excluding carboxylic acids is 1. The predicted octanol–water partition coefficient (Wildman–Crippen LogP) is 2.21. The van der Waals surface area contributed by atoms with Gasteiger partial charge < -0.3 is 10.2 Å². The molecule has 0 unspecified atom stereocenters. The molecule has 2 aliphatic rings. The summed E-state index contributed by atoms with van der Waals surface area (Å²) in [4.78, 5) is 17.5. The van der Waals surface area contributed by atoms with E-state index in [4.69, 9.17) is 0 Å². The Morgan fingerprint density at radius 2 is 1.92 bits per heavy atom. The molecule has 2 heterocycles. The van der Waals surface area contributed by atoms with Crippen LogP contribution >= 0.6 is 0 Å². The first kappa shape index (κ1) is 17.4. The second kappa shape index (κ2) is 8.13. The van der Waals surface area contributed by atoms with E-state index >= 15 is 0 Å². The normalized spacial score (nSPS) is 24.0. The van der Waals surface area contributed by atoms with Crippen molar-refractivity contribution in [2.45, 2.75) is 51.1 Å². The standard InChI is InChI=1S/C20H31N3O/c1-16-6-3-4-7-17(16)14-20(24)21-18-8-5-11-23(15-18)19-9-12-22(2)13-10-19/h3-4,6-7,18-19H,5,8-15H2,1-2H3,(H,21,24)/t18-/m0/s1. The van der Waals surface area contributed by atoms with Crippen molar-refractivity contribution in [3.05, 3.63) is 35.4 Å². The van der Waals surface area contributed by atoms with Gasteiger partial charge in [-0.3, -0.25) is 9.69 Å². The first-order valence-electron chi connectivity index (χ1n) is 9.38. The van der Waals surface area contributed by atoms with Crippen LogP contribution in [0.4, 0.5) is 0 Å². The molecule has 1 N–H and O–H groups in total. The number of aryl methyl sites for hydroxylation is 1. The maximum absolute atomic E-state index is 12.4. The van der Waals surface area contributed by atoms with Crippen molar-refractivity contribution in [2.75, 3.05) is 33.2 Å². The molecule has 24 heavy (non-hydrogen) atoms. The van der Waals surface area contributed by atoms with Crippen LogP contribution in [0.15, 0.2) is 24.3 Å². The van der Waals surface area contributed by atoms with Gasteiger partial charge in [0.1, 0.15) is 0 Å². The van der Waals surface area contributed by atoms with Gasteiger partial charge in [-0.1, -0.05) is 24.3 Å². The number of piperidine rings is 2. The Kier molecular flexibility index (Phi) is 5.90. The van der Waals surface area contributed by atoms with Crippen LogP contribution < -0.4 is 5.32 Å². The molecular formula is C20H31N3O. The van der Waals surface area contributed by atoms with Gasteiger partial charge in [-0.15, -0.1) is 0 Å². The number of benzene rings is 1. The minimum absolute atomic E-state index is 0.166. The number of likely N-dealkylation sites (tertiary alicyclic amines) is 2. The zero-order chi connectivity index (χ0) is 16.9. The summed E-state index contributed by atoms with van der Waals surface area (Å²) in [5.74, 6) is 0.166. The van der Waals surface area contributed by atoms with Crippen molar-refractivity contribution in [1.82, 2.24) is 15.1 Å². The summed E-state index contributed by atoms with van der Waals surface area (Å²) in [5.41, 5.74) is 2.34. The highest BCUT2D eigenvalue weighted by molar-refractivity contribution is 5.79. The van der Waals surface area contributed by atoms with Gasteiger partial charge in [0, 0.05) is 18.6 Å². The molecule has 3 rings (SSSR count). The second-order valence-electron chi connectivity index (χ2n) is 7.54. The van der Waals surface area contributed by atoms with Gasteiger partial charge >= 0.3 is 0 Å². The SMILES string of the molecule is Cc1ccccc1CC(=O)N[C@H]1CCCN(C2CCN(C)CC2)C1. The van der Waals surface area contributed by atoms with Gasteiger partial charge in [-0.2, -0.15) is 0 Å². The lowest BCUT2D eigenvalue weighted by Gasteiger charge is -2.41. The Morgan fingerprint density at radius 3 is 2.67 bits per heavy atom. The van der Waals surface area contributed by atoms with Crippen molar-refractivity contribution in [1.29, 1.82) is 0 Å². The minimum Gasteiger partial charge on any atom is -0.352 e. The lowest BCUT2D eigenvalue weighted by molar-refractivity contribution is -0.121. The highest BCUT2D eigenvalue weighted by atomic mass is 16.1. The Labute approximate surface area is 146 Å². The molecule has 1 atom stereocenters. The van der Waals surface area contributed by atoms with Crippen LogP contribution in [0.5, 0.6) is 0 Å². The van der Waals surface area contributed by atoms with E-state index in [2.05, 4.69) is 41.2 Å². The molecular weight excluding hydrogens is 298 g/mol. The van der Waals surface area contributed by atoms with E-state index in [1.807, 2.05) is 12.1 Å². The lowest BCUT2D eigenvalue weighted by Crippen LogP contribution is -2.53. The van der Waals surface area contributed by atoms with E-state index in [0.717, 1.165) is 18.5 Å². The monoisotopic (exact) mass is 329 g/mol. The number of nitrogens with zero attached hydrogens (tertiary/aromatic N) is 2. The lowest BCUT2D eigenvalue weighted by atomic mass is 9.98. The van der Waals surface area contributed by atoms with Crippen LogP contribution in [0, 0.1) is 6.92 Å². The first-order chi connectivity index (χ1) is 11.6. The zero-order valence-electron chi connectivity index (χ0n) is 15.1. The van der Waals surface area contributed by atoms with Crippen molar-refractivity contribution in [2.24, 2.45) is 0 Å². The molecule has 4 nitrogen and oxygen atoms in total. The fraction of sp³-hybridized carbons (Fsp3) is 0.650. The maximum Gasteiger partial charge on any atom is 0.224 e. The third-order valence-corrected chi connectivity index (χ3v) is 5.63. The summed E-state index contributed by atoms with van der Waals surface area (Å²) in [5, 5.41) is 3.28. The topological polar surface area (TPSA) is 35.6 Å². The van der Waals surface area contributed by atoms with Crippen LogP contribution in [0.3, 0.4) is 0 Å². The predicted molar refractivity (Wildman–Crippen MR) is 98.1 cm³/mol. The summed E-state index contributed by atoms with van der Waals surface area (Å²) in [6.07, 6.45) is 5.34. The Balaban J connectivity index is 1.50. The van der Waals surface area contributed by atoms with E-state index in [1.165, 1.54) is 44.5 Å². The number of rotatable bonds is 4. The molecule has 4 heteroatoms. The highest BCUT2D eigenvalue weighted by Gasteiger charge is 2.28. The summed E-state index contributed by atoms with van der Waals surface area (Å²) >= 11 is 0. The fourth-order valence-electron chi connectivity index (χ4n) is 4.08. The average Bonchev–Trinajstić information content (AvgIpc) is 2.58. The number of carbonyl (C=O) groups is 1. The third-order valence-electron chi connectivity index (χ3n) is 5.63. The molecule has 2 saturated heterocycles. The molecule has 0 spiro atoms. The smallest absolute Gasteiger partial charge is 0.224 e. The first-order valence-corrected chi connectivity index (χ1v) is 9.38. The summed E-state index contributed by atoms with van der Waals surface area (Å²) in [6.45, 7) is 6.69. The van der Waals surface area contributed by atoms with Gasteiger partial charge in [0.15, 0.2) is 0 Å². The number of hydrogen-bond acceptors (Lipinski definition) is 3. The largest absolute Gasteiger partial charge is 0.352 e. The Morgan fingerprint density at radius 1 is 1.17 bits per heavy atom. The fourth-order valence-corrected chi connectivity index (χ4v) is 4.08. The highest BCUT2D eigenvalue weighted by Crippen LogP contribution is 2.20. The summed E-state index contributed by atoms with van der Waals surface area (Å²) < 4.78 is 0. The van der Waals surface area contributed by atoms with E-state index in [9.17, 15) is 4.79 Å². The van der Waals surface area contributed by atoms with Crippen molar-refractivity contribution < 1.29 is 4.79 Å². The van der Waals surface area contributed by atoms with E-state index in [-0.39, 0.29) is 5.91 Å². The average molecular weight is 329 g/mol. The van der Waals surface area contributed by atoms with E-state index in [1.54, 1.807) is 0 Å².